The molecular weight excluding hydrogens is 453 g/mol. The molecule has 2 N–H and O–H groups in total. The molecule has 1 fully saturated rings. The summed E-state index contributed by atoms with van der Waals surface area (Å²) in [6.45, 7) is 7.26. The Balaban J connectivity index is 1.62. The number of rotatable bonds is 9. The number of hydrogen-bond acceptors (Lipinski definition) is 7. The van der Waals surface area contributed by atoms with Gasteiger partial charge in [-0.15, -0.1) is 0 Å². The molecule has 0 spiro atoms. The quantitative estimate of drug-likeness (QED) is 0.472. The number of halogens is 1. The molecule has 35 heavy (non-hydrogen) atoms. The zero-order valence-corrected chi connectivity index (χ0v) is 20.1. The number of ether oxygens (including phenoxy) is 3. The lowest BCUT2D eigenvalue weighted by Gasteiger charge is -2.35. The number of aromatic nitrogens is 4. The van der Waals surface area contributed by atoms with E-state index in [1.54, 1.807) is 24.4 Å². The van der Waals surface area contributed by atoms with Crippen molar-refractivity contribution < 1.29 is 23.4 Å². The normalized spacial score (nSPS) is 19.9. The number of benzene rings is 1. The third-order valence-electron chi connectivity index (χ3n) is 5.58. The second-order valence-corrected chi connectivity index (χ2v) is 8.70. The van der Waals surface area contributed by atoms with Crippen LogP contribution >= 0.6 is 0 Å². The Kier molecular flexibility index (Phi) is 7.72. The smallest absolute Gasteiger partial charge is 0.316 e. The molecule has 1 aliphatic rings. The number of carbonyl (C=O) groups excluding carboxylic acids is 1. The minimum Gasteiger partial charge on any atom is -0.463 e. The average Bonchev–Trinajstić information content (AvgIpc) is 3.32. The van der Waals surface area contributed by atoms with Gasteiger partial charge in [-0.25, -0.2) is 14.4 Å². The lowest BCUT2D eigenvalue weighted by Crippen LogP contribution is -2.48. The van der Waals surface area contributed by atoms with E-state index in [-0.39, 0.29) is 30.9 Å². The maximum atomic E-state index is 13.6. The van der Waals surface area contributed by atoms with E-state index in [1.165, 1.54) is 12.1 Å². The van der Waals surface area contributed by atoms with Gasteiger partial charge in [-0.3, -0.25) is 4.79 Å². The summed E-state index contributed by atoms with van der Waals surface area (Å²) in [4.78, 5) is 29.2. The first kappa shape index (κ1) is 24.7. The Hall–Kier alpha value is -3.37. The van der Waals surface area contributed by atoms with Crippen LogP contribution in [0.5, 0.6) is 6.01 Å². The van der Waals surface area contributed by atoms with Gasteiger partial charge < -0.3 is 24.5 Å². The van der Waals surface area contributed by atoms with Crippen molar-refractivity contribution >= 4 is 5.91 Å². The molecule has 3 aromatic rings. The number of imidazole rings is 1. The van der Waals surface area contributed by atoms with Gasteiger partial charge in [-0.2, -0.15) is 4.98 Å². The largest absolute Gasteiger partial charge is 0.463 e. The molecule has 0 radical (unpaired) electrons. The Bertz CT molecular complexity index is 1140. The summed E-state index contributed by atoms with van der Waals surface area (Å²) in [5, 5.41) is 2.90. The predicted octanol–water partition coefficient (Wildman–Crippen LogP) is 4.04. The van der Waals surface area contributed by atoms with E-state index >= 15 is 0 Å². The van der Waals surface area contributed by atoms with Crippen LogP contribution in [0.4, 0.5) is 4.39 Å². The van der Waals surface area contributed by atoms with Crippen molar-refractivity contribution in [3.8, 4) is 28.7 Å². The van der Waals surface area contributed by atoms with Crippen LogP contribution in [-0.2, 0) is 14.3 Å². The molecule has 1 aromatic carbocycles. The number of nitrogens with one attached hydrogen (secondary N) is 2. The maximum Gasteiger partial charge on any atom is 0.316 e. The number of carbonyl (C=O) groups is 1. The van der Waals surface area contributed by atoms with E-state index in [0.717, 1.165) is 12.8 Å². The van der Waals surface area contributed by atoms with E-state index in [1.807, 2.05) is 20.8 Å². The SMILES string of the molecule is CCCNC(=O)C1(C)COC(c2nc(-c3ccc(F)cc3)c(-c3ccnc(OCCC)n3)[nH]2)OC1. The molecule has 0 bridgehead atoms. The number of amides is 1. The minimum atomic E-state index is -0.798. The highest BCUT2D eigenvalue weighted by Crippen LogP contribution is 2.35. The van der Waals surface area contributed by atoms with Gasteiger partial charge in [0.2, 0.25) is 12.2 Å². The van der Waals surface area contributed by atoms with Crippen molar-refractivity contribution in [1.29, 1.82) is 0 Å². The number of hydrogen-bond donors (Lipinski definition) is 2. The van der Waals surface area contributed by atoms with E-state index in [0.29, 0.717) is 41.6 Å². The van der Waals surface area contributed by atoms with Gasteiger partial charge in [0.25, 0.3) is 0 Å². The van der Waals surface area contributed by atoms with Gasteiger partial charge in [0.15, 0.2) is 5.82 Å². The Morgan fingerprint density at radius 1 is 1.17 bits per heavy atom. The molecule has 186 valence electrons. The highest BCUT2D eigenvalue weighted by molar-refractivity contribution is 5.82. The highest BCUT2D eigenvalue weighted by atomic mass is 19.1. The Labute approximate surface area is 203 Å². The first-order valence-corrected chi connectivity index (χ1v) is 11.8. The molecule has 10 heteroatoms. The van der Waals surface area contributed by atoms with Crippen LogP contribution in [0.15, 0.2) is 36.5 Å². The third kappa shape index (κ3) is 5.66. The maximum absolute atomic E-state index is 13.6. The topological polar surface area (TPSA) is 111 Å². The lowest BCUT2D eigenvalue weighted by atomic mass is 9.91. The second-order valence-electron chi connectivity index (χ2n) is 8.70. The first-order valence-electron chi connectivity index (χ1n) is 11.8. The molecule has 9 nitrogen and oxygen atoms in total. The molecule has 0 atom stereocenters. The van der Waals surface area contributed by atoms with E-state index in [2.05, 4.69) is 20.3 Å². The zero-order valence-electron chi connectivity index (χ0n) is 20.1. The van der Waals surface area contributed by atoms with Gasteiger partial charge in [-0.1, -0.05) is 13.8 Å². The molecule has 1 saturated heterocycles. The molecule has 0 aliphatic carbocycles. The van der Waals surface area contributed by atoms with Crippen LogP contribution in [0.2, 0.25) is 0 Å². The highest BCUT2D eigenvalue weighted by Gasteiger charge is 2.40. The van der Waals surface area contributed by atoms with Crippen LogP contribution in [0.25, 0.3) is 22.6 Å². The molecular formula is C25H30FN5O4. The van der Waals surface area contributed by atoms with Crippen molar-refractivity contribution in [2.75, 3.05) is 26.4 Å². The molecule has 4 rings (SSSR count). The fourth-order valence-electron chi connectivity index (χ4n) is 3.60. The fraction of sp³-hybridized carbons (Fsp3) is 0.440. The Morgan fingerprint density at radius 2 is 1.91 bits per heavy atom. The number of nitrogens with zero attached hydrogens (tertiary/aromatic N) is 3. The van der Waals surface area contributed by atoms with Crippen molar-refractivity contribution in [3.05, 3.63) is 48.2 Å². The predicted molar refractivity (Wildman–Crippen MR) is 127 cm³/mol. The standard InChI is InChI=1S/C25H30FN5O4/c1-4-11-27-23(32)25(3)14-34-22(35-15-25)21-30-19(16-6-8-17(26)9-7-16)20(31-21)18-10-12-28-24(29-18)33-13-5-2/h6-10,12,22H,4-5,11,13-15H2,1-3H3,(H,27,32)(H,30,31). The summed E-state index contributed by atoms with van der Waals surface area (Å²) in [5.74, 6) is -0.0292. The van der Waals surface area contributed by atoms with Crippen LogP contribution in [0.1, 0.15) is 45.7 Å². The summed E-state index contributed by atoms with van der Waals surface area (Å²) >= 11 is 0. The first-order chi connectivity index (χ1) is 16.9. The zero-order chi connectivity index (χ0) is 24.8. The van der Waals surface area contributed by atoms with Crippen molar-refractivity contribution in [2.24, 2.45) is 5.41 Å². The van der Waals surface area contributed by atoms with Gasteiger partial charge in [0.1, 0.15) is 5.82 Å². The summed E-state index contributed by atoms with van der Waals surface area (Å²) < 4.78 is 31.0. The van der Waals surface area contributed by atoms with Crippen LogP contribution in [0.3, 0.4) is 0 Å². The van der Waals surface area contributed by atoms with Crippen molar-refractivity contribution in [2.45, 2.75) is 39.9 Å². The van der Waals surface area contributed by atoms with Gasteiger partial charge in [-0.05, 0) is 50.1 Å². The fourth-order valence-corrected chi connectivity index (χ4v) is 3.60. The molecule has 2 aromatic heterocycles. The second kappa shape index (κ2) is 10.9. The van der Waals surface area contributed by atoms with Gasteiger partial charge in [0.05, 0.1) is 42.3 Å². The molecule has 1 amide bonds. The molecule has 1 aliphatic heterocycles. The third-order valence-corrected chi connectivity index (χ3v) is 5.58. The van der Waals surface area contributed by atoms with E-state index in [4.69, 9.17) is 19.2 Å². The molecule has 0 saturated carbocycles. The average molecular weight is 484 g/mol. The van der Waals surface area contributed by atoms with Crippen LogP contribution in [-0.4, -0.2) is 52.2 Å². The number of aromatic amines is 1. The summed E-state index contributed by atoms with van der Waals surface area (Å²) in [6, 6.07) is 8.03. The van der Waals surface area contributed by atoms with Gasteiger partial charge in [0, 0.05) is 18.3 Å². The summed E-state index contributed by atoms with van der Waals surface area (Å²) in [7, 11) is 0. The number of H-pyrrole nitrogens is 1. The summed E-state index contributed by atoms with van der Waals surface area (Å²) in [5.41, 5.74) is 1.61. The van der Waals surface area contributed by atoms with Crippen LogP contribution < -0.4 is 10.1 Å². The lowest BCUT2D eigenvalue weighted by molar-refractivity contribution is -0.231. The minimum absolute atomic E-state index is 0.106. The van der Waals surface area contributed by atoms with Gasteiger partial charge >= 0.3 is 6.01 Å². The Morgan fingerprint density at radius 3 is 2.60 bits per heavy atom. The van der Waals surface area contributed by atoms with E-state index < -0.39 is 11.7 Å². The van der Waals surface area contributed by atoms with Crippen LogP contribution in [0, 0.1) is 11.2 Å². The molecule has 3 heterocycles. The summed E-state index contributed by atoms with van der Waals surface area (Å²) in [6.07, 6.45) is 2.49. The molecule has 0 unspecified atom stereocenters. The monoisotopic (exact) mass is 483 g/mol. The van der Waals surface area contributed by atoms with Crippen molar-refractivity contribution in [3.63, 3.8) is 0 Å². The van der Waals surface area contributed by atoms with Crippen molar-refractivity contribution in [1.82, 2.24) is 25.3 Å². The van der Waals surface area contributed by atoms with E-state index in [9.17, 15) is 9.18 Å².